The molecule has 1 unspecified atom stereocenters. The van der Waals surface area contributed by atoms with Crippen molar-refractivity contribution in [2.75, 3.05) is 24.7 Å². The maximum Gasteiger partial charge on any atom is 0.166 e. The summed E-state index contributed by atoms with van der Waals surface area (Å²) in [5.41, 5.74) is 0.761. The molecule has 0 radical (unpaired) electrons. The van der Waals surface area contributed by atoms with Gasteiger partial charge in [-0.05, 0) is 31.0 Å². The van der Waals surface area contributed by atoms with Crippen LogP contribution in [0.3, 0.4) is 0 Å². The maximum absolute atomic E-state index is 14.5. The number of halogens is 2. The summed E-state index contributed by atoms with van der Waals surface area (Å²) in [6.45, 7) is 1.48. The summed E-state index contributed by atoms with van der Waals surface area (Å²) >= 11 is 0. The van der Waals surface area contributed by atoms with Crippen molar-refractivity contribution in [3.63, 3.8) is 0 Å². The first-order valence-electron chi connectivity index (χ1n) is 8.23. The van der Waals surface area contributed by atoms with Crippen molar-refractivity contribution < 1.29 is 18.3 Å². The fraction of sp³-hybridized carbons (Fsp3) is 0.316. The van der Waals surface area contributed by atoms with Gasteiger partial charge in [-0.3, -0.25) is 0 Å². The molecule has 0 amide bonds. The Kier molecular flexibility index (Phi) is 3.92. The maximum atomic E-state index is 14.5. The van der Waals surface area contributed by atoms with Crippen LogP contribution < -0.4 is 14.4 Å². The van der Waals surface area contributed by atoms with Crippen molar-refractivity contribution in [1.82, 2.24) is 0 Å². The second kappa shape index (κ2) is 6.25. The molecule has 128 valence electrons. The predicted molar refractivity (Wildman–Crippen MR) is 87.8 cm³/mol. The van der Waals surface area contributed by atoms with Gasteiger partial charge < -0.3 is 14.4 Å². The van der Waals surface area contributed by atoms with Gasteiger partial charge in [0, 0.05) is 12.1 Å². The van der Waals surface area contributed by atoms with E-state index in [1.165, 1.54) is 0 Å². The lowest BCUT2D eigenvalue weighted by Gasteiger charge is -2.30. The van der Waals surface area contributed by atoms with Crippen LogP contribution in [0, 0.1) is 23.0 Å². The van der Waals surface area contributed by atoms with Gasteiger partial charge in [0.05, 0.1) is 17.7 Å². The molecule has 2 heterocycles. The minimum atomic E-state index is -0.717. The van der Waals surface area contributed by atoms with Gasteiger partial charge in [-0.2, -0.15) is 5.26 Å². The van der Waals surface area contributed by atoms with Crippen molar-refractivity contribution in [3.8, 4) is 17.6 Å². The summed E-state index contributed by atoms with van der Waals surface area (Å²) < 4.78 is 40.4. The van der Waals surface area contributed by atoms with Gasteiger partial charge >= 0.3 is 0 Å². The molecule has 1 fully saturated rings. The van der Waals surface area contributed by atoms with Gasteiger partial charge in [-0.15, -0.1) is 0 Å². The van der Waals surface area contributed by atoms with Crippen LogP contribution in [-0.2, 0) is 0 Å². The van der Waals surface area contributed by atoms with Gasteiger partial charge in [-0.25, -0.2) is 8.78 Å². The molecule has 6 heteroatoms. The molecule has 0 saturated carbocycles. The highest BCUT2D eigenvalue weighted by Crippen LogP contribution is 2.45. The molecule has 1 atom stereocenters. The summed E-state index contributed by atoms with van der Waals surface area (Å²) in [7, 11) is 0. The molecular weight excluding hydrogens is 326 g/mol. The molecule has 25 heavy (non-hydrogen) atoms. The topological polar surface area (TPSA) is 45.5 Å². The Morgan fingerprint density at radius 3 is 2.64 bits per heavy atom. The van der Waals surface area contributed by atoms with Crippen LogP contribution in [0.5, 0.6) is 11.5 Å². The first-order valence-corrected chi connectivity index (χ1v) is 8.23. The van der Waals surface area contributed by atoms with Crippen molar-refractivity contribution in [2.45, 2.75) is 18.9 Å². The number of ether oxygens (including phenoxy) is 2. The normalized spacial score (nSPS) is 18.9. The Balaban J connectivity index is 1.77. The van der Waals surface area contributed by atoms with E-state index in [2.05, 4.69) is 0 Å². The second-order valence-corrected chi connectivity index (χ2v) is 6.12. The Morgan fingerprint density at radius 1 is 1.12 bits per heavy atom. The van der Waals surface area contributed by atoms with Crippen LogP contribution in [0.1, 0.15) is 30.0 Å². The van der Waals surface area contributed by atoms with Crippen LogP contribution in [0.15, 0.2) is 30.3 Å². The fourth-order valence-corrected chi connectivity index (χ4v) is 3.62. The third-order valence-electron chi connectivity index (χ3n) is 4.64. The quantitative estimate of drug-likeness (QED) is 0.829. The molecule has 4 nitrogen and oxygen atoms in total. The lowest BCUT2D eigenvalue weighted by Crippen LogP contribution is -2.26. The zero-order valence-corrected chi connectivity index (χ0v) is 13.5. The number of para-hydroxylation sites is 1. The summed E-state index contributed by atoms with van der Waals surface area (Å²) in [5.74, 6) is -0.118. The molecule has 0 spiro atoms. The highest BCUT2D eigenvalue weighted by Gasteiger charge is 2.33. The number of hydrogen-bond donors (Lipinski definition) is 0. The number of hydrogen-bond acceptors (Lipinski definition) is 4. The van der Waals surface area contributed by atoms with Crippen molar-refractivity contribution in [1.29, 1.82) is 5.26 Å². The number of anilines is 1. The van der Waals surface area contributed by atoms with Gasteiger partial charge in [0.1, 0.15) is 18.9 Å². The Labute approximate surface area is 144 Å². The van der Waals surface area contributed by atoms with Crippen molar-refractivity contribution >= 4 is 5.69 Å². The first-order chi connectivity index (χ1) is 12.2. The SMILES string of the molecule is N#Cc1cc(F)c(N2CCCC2c2cccc3c2OCCO3)c(F)c1. The standard InChI is InChI=1S/C19H16F2N2O2/c20-14-9-12(11-22)10-15(21)18(14)23-6-2-4-16(23)13-3-1-5-17-19(13)25-8-7-24-17/h1,3,5,9-10,16H,2,4,6-8H2. The number of nitrogens with zero attached hydrogens (tertiary/aromatic N) is 2. The molecule has 2 aromatic carbocycles. The monoisotopic (exact) mass is 342 g/mol. The number of rotatable bonds is 2. The molecule has 2 aromatic rings. The third-order valence-corrected chi connectivity index (χ3v) is 4.64. The molecule has 2 aliphatic rings. The van der Waals surface area contributed by atoms with Crippen molar-refractivity contribution in [3.05, 3.63) is 53.1 Å². The Hall–Kier alpha value is -2.81. The van der Waals surface area contributed by atoms with Crippen LogP contribution >= 0.6 is 0 Å². The van der Waals surface area contributed by atoms with E-state index in [1.807, 2.05) is 18.2 Å². The minimum Gasteiger partial charge on any atom is -0.486 e. The molecule has 2 aliphatic heterocycles. The molecular formula is C19H16F2N2O2. The predicted octanol–water partition coefficient (Wildman–Crippen LogP) is 3.95. The number of fused-ring (bicyclic) bond motifs is 1. The van der Waals surface area contributed by atoms with E-state index in [1.54, 1.807) is 11.0 Å². The molecule has 4 rings (SSSR count). The van der Waals surface area contributed by atoms with Crippen LogP contribution in [0.4, 0.5) is 14.5 Å². The first kappa shape index (κ1) is 15.7. The van der Waals surface area contributed by atoms with Crippen LogP contribution in [0.25, 0.3) is 0 Å². The van der Waals surface area contributed by atoms with E-state index in [9.17, 15) is 8.78 Å². The zero-order chi connectivity index (χ0) is 17.4. The minimum absolute atomic E-state index is 0.0247. The van der Waals surface area contributed by atoms with E-state index in [-0.39, 0.29) is 17.3 Å². The number of benzene rings is 2. The lowest BCUT2D eigenvalue weighted by molar-refractivity contribution is 0.169. The average Bonchev–Trinajstić information content (AvgIpc) is 3.09. The largest absolute Gasteiger partial charge is 0.486 e. The smallest absolute Gasteiger partial charge is 0.166 e. The summed E-state index contributed by atoms with van der Waals surface area (Å²) in [4.78, 5) is 1.72. The number of nitriles is 1. The fourth-order valence-electron chi connectivity index (χ4n) is 3.62. The molecule has 0 aromatic heterocycles. The van der Waals surface area contributed by atoms with E-state index in [4.69, 9.17) is 14.7 Å². The second-order valence-electron chi connectivity index (χ2n) is 6.12. The highest BCUT2D eigenvalue weighted by atomic mass is 19.1. The van der Waals surface area contributed by atoms with E-state index in [0.717, 1.165) is 30.5 Å². The van der Waals surface area contributed by atoms with E-state index >= 15 is 0 Å². The van der Waals surface area contributed by atoms with Crippen molar-refractivity contribution in [2.24, 2.45) is 0 Å². The van der Waals surface area contributed by atoms with Gasteiger partial charge in [0.15, 0.2) is 23.1 Å². The van der Waals surface area contributed by atoms with Crippen LogP contribution in [-0.4, -0.2) is 19.8 Å². The van der Waals surface area contributed by atoms with Gasteiger partial charge in [0.2, 0.25) is 0 Å². The summed E-state index contributed by atoms with van der Waals surface area (Å²) in [5, 5.41) is 8.88. The van der Waals surface area contributed by atoms with E-state index < -0.39 is 11.6 Å². The Morgan fingerprint density at radius 2 is 1.88 bits per heavy atom. The lowest BCUT2D eigenvalue weighted by atomic mass is 10.0. The summed E-state index contributed by atoms with van der Waals surface area (Å²) in [6, 6.07) is 9.34. The molecule has 0 aliphatic carbocycles. The van der Waals surface area contributed by atoms with Gasteiger partial charge in [-0.1, -0.05) is 12.1 Å². The zero-order valence-electron chi connectivity index (χ0n) is 13.5. The third kappa shape index (κ3) is 2.66. The molecule has 0 N–H and O–H groups in total. The van der Waals surface area contributed by atoms with Crippen LogP contribution in [0.2, 0.25) is 0 Å². The Bertz CT molecular complexity index is 840. The molecule has 1 saturated heterocycles. The van der Waals surface area contributed by atoms with E-state index in [0.29, 0.717) is 31.3 Å². The molecule has 0 bridgehead atoms. The average molecular weight is 342 g/mol. The summed E-state index contributed by atoms with van der Waals surface area (Å²) in [6.07, 6.45) is 1.58. The highest BCUT2D eigenvalue weighted by molar-refractivity contribution is 5.58. The van der Waals surface area contributed by atoms with Gasteiger partial charge in [0.25, 0.3) is 0 Å².